The van der Waals surface area contributed by atoms with Gasteiger partial charge in [0.2, 0.25) is 0 Å². The Kier molecular flexibility index (Phi) is 5.14. The van der Waals surface area contributed by atoms with Gasteiger partial charge >= 0.3 is 0 Å². The number of ether oxygens (including phenoxy) is 1. The molecular formula is C24H26N6O2. The average molecular weight is 431 g/mol. The number of anilines is 2. The van der Waals surface area contributed by atoms with E-state index in [0.717, 1.165) is 36.3 Å². The summed E-state index contributed by atoms with van der Waals surface area (Å²) >= 11 is 0. The van der Waals surface area contributed by atoms with Gasteiger partial charge in [0, 0.05) is 38.6 Å². The molecule has 1 atom stereocenters. The molecule has 8 heteroatoms. The minimum atomic E-state index is -0.267. The molecule has 3 heterocycles. The zero-order chi connectivity index (χ0) is 22.2. The van der Waals surface area contributed by atoms with E-state index >= 15 is 0 Å². The maximum atomic E-state index is 13.2. The Bertz CT molecular complexity index is 1290. The van der Waals surface area contributed by atoms with Crippen molar-refractivity contribution in [1.82, 2.24) is 19.9 Å². The van der Waals surface area contributed by atoms with Crippen LogP contribution in [-0.4, -0.2) is 53.8 Å². The van der Waals surface area contributed by atoms with Crippen molar-refractivity contribution in [3.05, 3.63) is 54.1 Å². The van der Waals surface area contributed by atoms with Gasteiger partial charge in [0.25, 0.3) is 5.91 Å². The van der Waals surface area contributed by atoms with Gasteiger partial charge in [0.05, 0.1) is 17.1 Å². The third-order valence-corrected chi connectivity index (χ3v) is 5.86. The molecule has 4 aromatic rings. The van der Waals surface area contributed by atoms with Crippen molar-refractivity contribution < 1.29 is 9.53 Å². The minimum Gasteiger partial charge on any atom is -0.384 e. The van der Waals surface area contributed by atoms with Crippen molar-refractivity contribution in [2.45, 2.75) is 18.9 Å². The second-order valence-electron chi connectivity index (χ2n) is 8.24. The van der Waals surface area contributed by atoms with Crippen molar-refractivity contribution in [2.24, 2.45) is 0 Å². The first-order chi connectivity index (χ1) is 15.5. The number of rotatable bonds is 5. The van der Waals surface area contributed by atoms with E-state index in [-0.39, 0.29) is 12.0 Å². The summed E-state index contributed by atoms with van der Waals surface area (Å²) in [5.41, 5.74) is 11.3. The lowest BCUT2D eigenvalue weighted by Gasteiger charge is -2.14. The molecule has 2 aromatic heterocycles. The SMILES string of the molecule is CN(C)c1ccc(-n2c(N)c(C(=O)NCC3CCCO3)c3nc4ccccc4nc32)cc1. The van der Waals surface area contributed by atoms with Crippen LogP contribution >= 0.6 is 0 Å². The fourth-order valence-electron chi connectivity index (χ4n) is 4.15. The Labute approximate surface area is 186 Å². The van der Waals surface area contributed by atoms with Gasteiger partial charge in [-0.3, -0.25) is 9.36 Å². The summed E-state index contributed by atoms with van der Waals surface area (Å²) in [6, 6.07) is 15.6. The van der Waals surface area contributed by atoms with Gasteiger partial charge in [0.15, 0.2) is 5.65 Å². The quantitative estimate of drug-likeness (QED) is 0.505. The van der Waals surface area contributed by atoms with E-state index < -0.39 is 0 Å². The molecule has 32 heavy (non-hydrogen) atoms. The number of hydrogen-bond acceptors (Lipinski definition) is 6. The highest BCUT2D eigenvalue weighted by molar-refractivity contribution is 6.11. The van der Waals surface area contributed by atoms with Crippen LogP contribution in [0.25, 0.3) is 27.9 Å². The fourth-order valence-corrected chi connectivity index (χ4v) is 4.15. The second-order valence-corrected chi connectivity index (χ2v) is 8.24. The van der Waals surface area contributed by atoms with E-state index in [1.807, 2.05) is 67.5 Å². The summed E-state index contributed by atoms with van der Waals surface area (Å²) in [6.07, 6.45) is 2.00. The van der Waals surface area contributed by atoms with Crippen molar-refractivity contribution >= 4 is 39.6 Å². The molecule has 1 aliphatic rings. The van der Waals surface area contributed by atoms with Crippen LogP contribution in [0.2, 0.25) is 0 Å². The maximum absolute atomic E-state index is 13.2. The van der Waals surface area contributed by atoms with Crippen LogP contribution in [0.1, 0.15) is 23.2 Å². The van der Waals surface area contributed by atoms with Gasteiger partial charge < -0.3 is 20.7 Å². The summed E-state index contributed by atoms with van der Waals surface area (Å²) < 4.78 is 7.44. The lowest BCUT2D eigenvalue weighted by Crippen LogP contribution is -2.32. The van der Waals surface area contributed by atoms with Crippen molar-refractivity contribution in [2.75, 3.05) is 37.9 Å². The molecule has 0 spiro atoms. The molecule has 1 saturated heterocycles. The first kappa shape index (κ1) is 20.3. The van der Waals surface area contributed by atoms with Crippen LogP contribution < -0.4 is 16.0 Å². The smallest absolute Gasteiger partial charge is 0.257 e. The predicted molar refractivity (Wildman–Crippen MR) is 126 cm³/mol. The highest BCUT2D eigenvalue weighted by atomic mass is 16.5. The number of nitrogens with one attached hydrogen (secondary N) is 1. The number of nitrogen functional groups attached to an aromatic ring is 1. The summed E-state index contributed by atoms with van der Waals surface area (Å²) in [5, 5.41) is 2.98. The molecule has 0 aliphatic carbocycles. The van der Waals surface area contributed by atoms with E-state index in [1.165, 1.54) is 0 Å². The van der Waals surface area contributed by atoms with Crippen LogP contribution in [0, 0.1) is 0 Å². The average Bonchev–Trinajstić information content (AvgIpc) is 3.41. The summed E-state index contributed by atoms with van der Waals surface area (Å²) in [6.45, 7) is 1.19. The molecule has 0 bridgehead atoms. The molecule has 3 N–H and O–H groups in total. The van der Waals surface area contributed by atoms with Gasteiger partial charge in [-0.25, -0.2) is 9.97 Å². The molecule has 1 unspecified atom stereocenters. The number of hydrogen-bond donors (Lipinski definition) is 2. The molecule has 1 fully saturated rings. The monoisotopic (exact) mass is 430 g/mol. The molecule has 0 radical (unpaired) electrons. The standard InChI is InChI=1S/C24H26N6O2/c1-29(2)15-9-11-16(12-10-15)30-22(25)20(24(31)26-14-17-6-5-13-32-17)21-23(30)28-19-8-4-3-7-18(19)27-21/h3-4,7-12,17H,5-6,13-14,25H2,1-2H3,(H,26,31). The number of carbonyl (C=O) groups excluding carboxylic acids is 1. The van der Waals surface area contributed by atoms with Crippen LogP contribution in [0.3, 0.4) is 0 Å². The highest BCUT2D eigenvalue weighted by Gasteiger charge is 2.26. The van der Waals surface area contributed by atoms with Gasteiger partial charge in [-0.15, -0.1) is 0 Å². The number of benzene rings is 2. The van der Waals surface area contributed by atoms with E-state index in [9.17, 15) is 4.79 Å². The molecule has 164 valence electrons. The van der Waals surface area contributed by atoms with Crippen molar-refractivity contribution in [3.63, 3.8) is 0 Å². The van der Waals surface area contributed by atoms with E-state index in [4.69, 9.17) is 20.4 Å². The number of carbonyl (C=O) groups is 1. The van der Waals surface area contributed by atoms with Crippen LogP contribution in [0.15, 0.2) is 48.5 Å². The van der Waals surface area contributed by atoms with Gasteiger partial charge in [0.1, 0.15) is 16.9 Å². The topological polar surface area (TPSA) is 98.3 Å². The largest absolute Gasteiger partial charge is 0.384 e. The van der Waals surface area contributed by atoms with Gasteiger partial charge in [-0.1, -0.05) is 12.1 Å². The summed E-state index contributed by atoms with van der Waals surface area (Å²) in [4.78, 5) is 24.8. The van der Waals surface area contributed by atoms with Crippen LogP contribution in [0.5, 0.6) is 0 Å². The number of aromatic nitrogens is 3. The first-order valence-electron chi connectivity index (χ1n) is 10.8. The number of fused-ring (bicyclic) bond motifs is 2. The van der Waals surface area contributed by atoms with Crippen molar-refractivity contribution in [1.29, 1.82) is 0 Å². The zero-order valence-corrected chi connectivity index (χ0v) is 18.2. The number of para-hydroxylation sites is 2. The van der Waals surface area contributed by atoms with Gasteiger partial charge in [-0.05, 0) is 49.2 Å². The Balaban J connectivity index is 1.64. The molecular weight excluding hydrogens is 404 g/mol. The minimum absolute atomic E-state index is 0.0408. The number of nitrogens with two attached hydrogens (primary N) is 1. The maximum Gasteiger partial charge on any atom is 0.257 e. The molecule has 5 rings (SSSR count). The fraction of sp³-hybridized carbons (Fsp3) is 0.292. The Morgan fingerprint density at radius 3 is 2.53 bits per heavy atom. The predicted octanol–water partition coefficient (Wildman–Crippen LogP) is 3.13. The Morgan fingerprint density at radius 2 is 1.88 bits per heavy atom. The number of amides is 1. The van der Waals surface area contributed by atoms with Crippen LogP contribution in [-0.2, 0) is 4.74 Å². The van der Waals surface area contributed by atoms with Gasteiger partial charge in [-0.2, -0.15) is 0 Å². The Morgan fingerprint density at radius 1 is 1.16 bits per heavy atom. The summed E-state index contributed by atoms with van der Waals surface area (Å²) in [5.74, 6) is 0.0500. The van der Waals surface area contributed by atoms with Crippen molar-refractivity contribution in [3.8, 4) is 5.69 Å². The molecule has 1 aliphatic heterocycles. The summed E-state index contributed by atoms with van der Waals surface area (Å²) in [7, 11) is 3.98. The van der Waals surface area contributed by atoms with E-state index in [1.54, 1.807) is 4.57 Å². The Hall–Kier alpha value is -3.65. The molecule has 8 nitrogen and oxygen atoms in total. The van der Waals surface area contributed by atoms with Crippen LogP contribution in [0.4, 0.5) is 11.5 Å². The van der Waals surface area contributed by atoms with E-state index in [2.05, 4.69) is 5.32 Å². The number of nitrogens with zero attached hydrogens (tertiary/aromatic N) is 4. The third-order valence-electron chi connectivity index (χ3n) is 5.86. The lowest BCUT2D eigenvalue weighted by molar-refractivity contribution is 0.0859. The second kappa shape index (κ2) is 8.12. The van der Waals surface area contributed by atoms with E-state index in [0.29, 0.717) is 34.6 Å². The molecule has 2 aromatic carbocycles. The third kappa shape index (κ3) is 3.52. The zero-order valence-electron chi connectivity index (χ0n) is 18.2. The lowest BCUT2D eigenvalue weighted by atomic mass is 10.2. The highest BCUT2D eigenvalue weighted by Crippen LogP contribution is 2.31. The molecule has 0 saturated carbocycles. The molecule has 1 amide bonds. The normalized spacial score (nSPS) is 16.0. The first-order valence-corrected chi connectivity index (χ1v) is 10.8.